The highest BCUT2D eigenvalue weighted by molar-refractivity contribution is 14.2. The molecule has 0 aromatic carbocycles. The van der Waals surface area contributed by atoms with Gasteiger partial charge in [0.15, 0.2) is 0 Å². The minimum Gasteiger partial charge on any atom is -0.256 e. The molecule has 0 unspecified atom stereocenters. The van der Waals surface area contributed by atoms with Crippen molar-refractivity contribution in [3.05, 3.63) is 0 Å². The summed E-state index contributed by atoms with van der Waals surface area (Å²) >= 11 is -0.0700. The second-order valence-electron chi connectivity index (χ2n) is 0.245. The van der Waals surface area contributed by atoms with E-state index in [4.69, 9.17) is 0 Å². The van der Waals surface area contributed by atoms with Crippen molar-refractivity contribution in [3.63, 3.8) is 0 Å². The lowest BCUT2D eigenvalue weighted by molar-refractivity contribution is 1.55. The van der Waals surface area contributed by atoms with Crippen molar-refractivity contribution in [1.29, 1.82) is 0 Å². The van der Waals surface area contributed by atoms with Gasteiger partial charge in [-0.25, -0.2) is 0 Å². The van der Waals surface area contributed by atoms with Crippen molar-refractivity contribution in [2.75, 3.05) is 7.05 Å². The average molecular weight is 189 g/mol. The normalized spacial score (nSPS) is 11.5. The van der Waals surface area contributed by atoms with Gasteiger partial charge in [-0.2, -0.15) is 0 Å². The summed E-state index contributed by atoms with van der Waals surface area (Å²) in [7, 11) is 5.64. The SMILES string of the molecule is CN=IS. The summed E-state index contributed by atoms with van der Waals surface area (Å²) in [6, 6.07) is 0. The summed E-state index contributed by atoms with van der Waals surface area (Å²) in [4.78, 5) is 0. The summed E-state index contributed by atoms with van der Waals surface area (Å²) in [5.74, 6) is 0. The third kappa shape index (κ3) is 2.88. The number of hydrogen-bond donors (Lipinski definition) is 1. The smallest absolute Gasteiger partial charge is 0.0558 e. The standard InChI is InChI=1S/CH4INS/c1-3-2-4/h1H3,(H,3,4). The Morgan fingerprint density at radius 3 is 2.25 bits per heavy atom. The Morgan fingerprint density at radius 2 is 2.25 bits per heavy atom. The molecule has 0 radical (unpaired) electrons. The first-order valence-electron chi connectivity index (χ1n) is 0.785. The number of rotatable bonds is 0. The van der Waals surface area contributed by atoms with Crippen LogP contribution in [0.4, 0.5) is 0 Å². The highest BCUT2D eigenvalue weighted by atomic mass is 127. The number of hydrogen-bond acceptors (Lipinski definition) is 1. The summed E-state index contributed by atoms with van der Waals surface area (Å²) in [5, 5.41) is 0. The summed E-state index contributed by atoms with van der Waals surface area (Å²) in [5.41, 5.74) is 0. The quantitative estimate of drug-likeness (QED) is 0.439. The van der Waals surface area contributed by atoms with E-state index < -0.39 is 0 Å². The molecule has 0 saturated heterocycles. The van der Waals surface area contributed by atoms with Gasteiger partial charge >= 0.3 is 0 Å². The van der Waals surface area contributed by atoms with Crippen molar-refractivity contribution >= 4 is 29.4 Å². The van der Waals surface area contributed by atoms with Crippen LogP contribution >= 0.6 is 29.4 Å². The molecular formula is CH4INS. The van der Waals surface area contributed by atoms with Crippen LogP contribution in [0.2, 0.25) is 0 Å². The van der Waals surface area contributed by atoms with Crippen molar-refractivity contribution in [3.8, 4) is 0 Å². The van der Waals surface area contributed by atoms with Gasteiger partial charge in [0.1, 0.15) is 0 Å². The Kier molecular flexibility index (Phi) is 4.73. The Hall–Kier alpha value is 0.880. The Labute approximate surface area is 39.8 Å². The molecule has 0 aliphatic carbocycles. The lowest BCUT2D eigenvalue weighted by Gasteiger charge is -1.50. The summed E-state index contributed by atoms with van der Waals surface area (Å²) < 4.78 is 3.71. The van der Waals surface area contributed by atoms with Crippen LogP contribution < -0.4 is 0 Å². The van der Waals surface area contributed by atoms with Crippen LogP contribution in [0.3, 0.4) is 0 Å². The molecule has 0 aromatic heterocycles. The molecule has 0 aromatic rings. The van der Waals surface area contributed by atoms with E-state index in [0.29, 0.717) is 0 Å². The topological polar surface area (TPSA) is 12.4 Å². The lowest BCUT2D eigenvalue weighted by Crippen LogP contribution is -1.18. The van der Waals surface area contributed by atoms with Gasteiger partial charge in [0.2, 0.25) is 0 Å². The molecule has 0 atom stereocenters. The fraction of sp³-hybridized carbons (Fsp3) is 1.00. The van der Waals surface area contributed by atoms with Crippen LogP contribution in [-0.4, -0.2) is 7.05 Å². The molecule has 1 nitrogen and oxygen atoms in total. The fourth-order valence-electron chi connectivity index (χ4n) is 0. The van der Waals surface area contributed by atoms with E-state index in [0.717, 1.165) is 0 Å². The first-order valence-corrected chi connectivity index (χ1v) is 4.98. The monoisotopic (exact) mass is 189 g/mol. The van der Waals surface area contributed by atoms with E-state index in [-0.39, 0.29) is 19.6 Å². The molecule has 3 heteroatoms. The van der Waals surface area contributed by atoms with Crippen LogP contribution in [0.25, 0.3) is 0 Å². The van der Waals surface area contributed by atoms with Crippen molar-refractivity contribution in [1.82, 2.24) is 0 Å². The molecule has 0 aliphatic rings. The maximum atomic E-state index is 3.86. The van der Waals surface area contributed by atoms with Gasteiger partial charge in [0.05, 0.1) is 19.6 Å². The zero-order valence-corrected chi connectivity index (χ0v) is 5.32. The molecule has 4 heavy (non-hydrogen) atoms. The van der Waals surface area contributed by atoms with Gasteiger partial charge in [-0.05, 0) is 0 Å². The van der Waals surface area contributed by atoms with Gasteiger partial charge in [0.25, 0.3) is 0 Å². The van der Waals surface area contributed by atoms with Crippen LogP contribution in [-0.2, 0) is 0 Å². The van der Waals surface area contributed by atoms with Crippen molar-refractivity contribution in [2.24, 2.45) is 3.15 Å². The number of nitrogens with zero attached hydrogens (tertiary/aromatic N) is 1. The van der Waals surface area contributed by atoms with E-state index >= 15 is 0 Å². The molecule has 0 aliphatic heterocycles. The van der Waals surface area contributed by atoms with Crippen LogP contribution in [0.5, 0.6) is 0 Å². The van der Waals surface area contributed by atoms with E-state index in [1.807, 2.05) is 0 Å². The largest absolute Gasteiger partial charge is 0.256 e. The fourth-order valence-corrected chi connectivity index (χ4v) is 0. The van der Waals surface area contributed by atoms with E-state index in [9.17, 15) is 0 Å². The maximum absolute atomic E-state index is 3.86. The van der Waals surface area contributed by atoms with Gasteiger partial charge < -0.3 is 0 Å². The Bertz CT molecular complexity index is 23.2. The second-order valence-corrected chi connectivity index (χ2v) is 2.66. The molecule has 0 amide bonds. The Morgan fingerprint density at radius 1 is 2.00 bits per heavy atom. The van der Waals surface area contributed by atoms with Crippen LogP contribution in [0, 0.1) is 0 Å². The van der Waals surface area contributed by atoms with E-state index in [2.05, 4.69) is 12.9 Å². The van der Waals surface area contributed by atoms with Crippen molar-refractivity contribution in [2.45, 2.75) is 0 Å². The maximum Gasteiger partial charge on any atom is 0.0558 e. The third-order valence-electron chi connectivity index (χ3n) is 0.0756. The zero-order valence-electron chi connectivity index (χ0n) is 2.27. The van der Waals surface area contributed by atoms with Gasteiger partial charge in [-0.15, -0.1) is 0 Å². The molecule has 0 spiro atoms. The van der Waals surface area contributed by atoms with Gasteiger partial charge in [0, 0.05) is 7.05 Å². The molecule has 0 fully saturated rings. The molecule has 0 heterocycles. The Balaban J connectivity index is 2.55. The predicted octanol–water partition coefficient (Wildman–Crippen LogP) is 1.62. The van der Waals surface area contributed by atoms with Crippen molar-refractivity contribution < 1.29 is 0 Å². The number of thiol groups is 1. The van der Waals surface area contributed by atoms with E-state index in [1.54, 1.807) is 7.05 Å². The van der Waals surface area contributed by atoms with Crippen LogP contribution in [0.15, 0.2) is 3.15 Å². The molecular weight excluding hydrogens is 185 g/mol. The lowest BCUT2D eigenvalue weighted by atomic mass is 11.6. The molecule has 0 N–H and O–H groups in total. The molecule has 26 valence electrons. The minimum atomic E-state index is -0.0700. The van der Waals surface area contributed by atoms with Gasteiger partial charge in [-0.1, -0.05) is 9.80 Å². The number of halogens is 1. The average Bonchev–Trinajstić information content (AvgIpc) is 1.37. The highest BCUT2D eigenvalue weighted by Crippen LogP contribution is 2.00. The zero-order chi connectivity index (χ0) is 3.41. The van der Waals surface area contributed by atoms with Crippen LogP contribution in [0.1, 0.15) is 0 Å². The first kappa shape index (κ1) is 4.88. The molecule has 0 bridgehead atoms. The molecule has 0 rings (SSSR count). The predicted molar refractivity (Wildman–Crippen MR) is 31.4 cm³/mol. The highest BCUT2D eigenvalue weighted by Gasteiger charge is 1.35. The minimum absolute atomic E-state index is 0.0700. The first-order chi connectivity index (χ1) is 1.91. The van der Waals surface area contributed by atoms with Gasteiger partial charge in [-0.3, -0.25) is 3.15 Å². The summed E-state index contributed by atoms with van der Waals surface area (Å²) in [6.07, 6.45) is 0. The molecule has 0 saturated carbocycles. The van der Waals surface area contributed by atoms with E-state index in [1.165, 1.54) is 0 Å². The second kappa shape index (κ2) is 3.88. The summed E-state index contributed by atoms with van der Waals surface area (Å²) in [6.45, 7) is 0. The third-order valence-corrected chi connectivity index (χ3v) is 1.52.